The van der Waals surface area contributed by atoms with Gasteiger partial charge in [0, 0.05) is 16.7 Å². The molecule has 0 N–H and O–H groups in total. The molecule has 1 heterocycles. The summed E-state index contributed by atoms with van der Waals surface area (Å²) in [5.74, 6) is 0. The van der Waals surface area contributed by atoms with Crippen LogP contribution >= 0.6 is 17.0 Å². The fourth-order valence-electron chi connectivity index (χ4n) is 3.90. The van der Waals surface area contributed by atoms with E-state index in [1.165, 1.54) is 0 Å². The monoisotopic (exact) mass is 401 g/mol. The van der Waals surface area contributed by atoms with Gasteiger partial charge in [0.05, 0.1) is 12.4 Å². The Labute approximate surface area is 154 Å². The Morgan fingerprint density at radius 3 is 2.36 bits per heavy atom. The van der Waals surface area contributed by atoms with Crippen molar-refractivity contribution in [2.75, 3.05) is 0 Å². The molecule has 2 nitrogen and oxygen atoms in total. The van der Waals surface area contributed by atoms with E-state index in [2.05, 4.69) is 4.98 Å². The normalized spacial score (nSPS) is 22.7. The summed E-state index contributed by atoms with van der Waals surface area (Å²) in [4.78, 5) is 4.06. The summed E-state index contributed by atoms with van der Waals surface area (Å²) in [5.41, 5.74) is 4.75. The quantitative estimate of drug-likeness (QED) is 0.428. The Hall–Kier alpha value is -2.14. The fraction of sp³-hybridized carbons (Fsp3) is 0.200. The molecule has 3 aromatic rings. The first-order valence-corrected chi connectivity index (χ1v) is 8.08. The van der Waals surface area contributed by atoms with Crippen molar-refractivity contribution in [1.29, 1.82) is 0 Å². The Morgan fingerprint density at radius 1 is 0.880 bits per heavy atom. The van der Waals surface area contributed by atoms with E-state index in [1.807, 2.05) is 41.2 Å². The zero-order chi connectivity index (χ0) is 16.3. The van der Waals surface area contributed by atoms with Crippen molar-refractivity contribution in [3.05, 3.63) is 94.6 Å². The topological polar surface area (TPSA) is 16.8 Å². The van der Waals surface area contributed by atoms with Gasteiger partial charge in [-0.25, -0.2) is 8.78 Å². The number of rotatable bonds is 1. The maximum absolute atomic E-state index is 15.1. The van der Waals surface area contributed by atoms with Gasteiger partial charge in [-0.2, -0.15) is 4.57 Å². The highest BCUT2D eigenvalue weighted by Gasteiger charge is 2.43. The highest BCUT2D eigenvalue weighted by molar-refractivity contribution is 8.93. The molecule has 0 saturated heterocycles. The largest absolute Gasteiger partial charge is 0.252 e. The van der Waals surface area contributed by atoms with Gasteiger partial charge in [-0.1, -0.05) is 36.4 Å². The summed E-state index contributed by atoms with van der Waals surface area (Å²) in [6, 6.07) is 11.0. The summed E-state index contributed by atoms with van der Waals surface area (Å²) in [7, 11) is 0. The lowest BCUT2D eigenvalue weighted by Crippen LogP contribution is -2.40. The average molecular weight is 402 g/mol. The van der Waals surface area contributed by atoms with Crippen LogP contribution in [0.5, 0.6) is 0 Å². The first-order valence-electron chi connectivity index (χ1n) is 8.08. The maximum Gasteiger partial charge on any atom is 0.209 e. The molecule has 3 atom stereocenters. The minimum absolute atomic E-state index is 0. The van der Waals surface area contributed by atoms with E-state index in [4.69, 9.17) is 0 Å². The van der Waals surface area contributed by atoms with Crippen LogP contribution in [-0.4, -0.2) is 4.98 Å². The van der Waals surface area contributed by atoms with Crippen LogP contribution in [0.3, 0.4) is 0 Å². The van der Waals surface area contributed by atoms with Gasteiger partial charge in [0.1, 0.15) is 0 Å². The van der Waals surface area contributed by atoms with E-state index in [-0.39, 0.29) is 23.0 Å². The lowest BCUT2D eigenvalue weighted by atomic mass is 9.94. The highest BCUT2D eigenvalue weighted by Crippen LogP contribution is 2.50. The average Bonchev–Trinajstić information content (AvgIpc) is 3.42. The molecule has 0 radical (unpaired) electrons. The first-order chi connectivity index (χ1) is 11.8. The molecule has 5 rings (SSSR count). The van der Waals surface area contributed by atoms with Crippen LogP contribution in [0.4, 0.5) is 8.78 Å². The van der Waals surface area contributed by atoms with E-state index in [0.717, 1.165) is 28.7 Å². The number of benzene rings is 2. The minimum Gasteiger partial charge on any atom is -0.252 e. The van der Waals surface area contributed by atoms with Gasteiger partial charge in [0.15, 0.2) is 24.7 Å². The molecule has 0 aliphatic heterocycles. The van der Waals surface area contributed by atoms with Crippen molar-refractivity contribution in [3.63, 3.8) is 0 Å². The third-order valence-electron chi connectivity index (χ3n) is 5.09. The summed E-state index contributed by atoms with van der Waals surface area (Å²) in [6.07, 6.45) is 4.60. The van der Waals surface area contributed by atoms with Gasteiger partial charge < -0.3 is 0 Å². The van der Waals surface area contributed by atoms with E-state index < -0.39 is 12.3 Å². The number of halogens is 3. The zero-order valence-corrected chi connectivity index (χ0v) is 15.0. The second kappa shape index (κ2) is 5.99. The molecule has 0 bridgehead atoms. The van der Waals surface area contributed by atoms with E-state index in [9.17, 15) is 0 Å². The van der Waals surface area contributed by atoms with E-state index in [1.54, 1.807) is 24.5 Å². The third-order valence-corrected chi connectivity index (χ3v) is 5.09. The van der Waals surface area contributed by atoms with E-state index in [0.29, 0.717) is 11.1 Å². The molecule has 25 heavy (non-hydrogen) atoms. The van der Waals surface area contributed by atoms with Crippen molar-refractivity contribution in [2.45, 2.75) is 24.8 Å². The van der Waals surface area contributed by atoms with Gasteiger partial charge >= 0.3 is 0 Å². The molecule has 0 fully saturated rings. The smallest absolute Gasteiger partial charge is 0.209 e. The number of nitrogens with zero attached hydrogens (tertiary/aromatic N) is 2. The minimum atomic E-state index is -1.64. The van der Waals surface area contributed by atoms with Gasteiger partial charge in [0.2, 0.25) is 6.04 Å². The molecule has 2 aliphatic rings. The molecular weight excluding hydrogens is 386 g/mol. The Bertz CT molecular complexity index is 946. The molecular formula is C20H16BrF2N2+. The second-order valence-electron chi connectivity index (χ2n) is 6.41. The highest BCUT2D eigenvalue weighted by atomic mass is 79.9. The van der Waals surface area contributed by atoms with Crippen molar-refractivity contribution < 1.29 is 13.3 Å². The maximum atomic E-state index is 15.1. The van der Waals surface area contributed by atoms with Crippen LogP contribution in [0.15, 0.2) is 61.2 Å². The lowest BCUT2D eigenvalue weighted by molar-refractivity contribution is -0.705. The number of aromatic nitrogens is 2. The molecule has 5 heteroatoms. The Kier molecular flexibility index (Phi) is 3.91. The zero-order valence-electron chi connectivity index (χ0n) is 13.3. The van der Waals surface area contributed by atoms with Gasteiger partial charge in [-0.05, 0) is 23.1 Å². The van der Waals surface area contributed by atoms with Crippen LogP contribution in [-0.2, 0) is 6.42 Å². The molecule has 0 amide bonds. The summed E-state index contributed by atoms with van der Waals surface area (Å²) < 4.78 is 32.1. The van der Waals surface area contributed by atoms with E-state index >= 15 is 8.78 Å². The predicted molar refractivity (Wildman–Crippen MR) is 95.4 cm³/mol. The lowest BCUT2D eigenvalue weighted by Gasteiger charge is -2.15. The van der Waals surface area contributed by atoms with Crippen LogP contribution in [0.2, 0.25) is 0 Å². The molecule has 2 aliphatic carbocycles. The predicted octanol–water partition coefficient (Wildman–Crippen LogP) is 4.52. The number of hydrogen-bond acceptors (Lipinski definition) is 1. The number of alkyl halides is 2. The molecule has 2 aromatic carbocycles. The Morgan fingerprint density at radius 2 is 1.60 bits per heavy atom. The van der Waals surface area contributed by atoms with Gasteiger partial charge in [0.25, 0.3) is 0 Å². The number of hydrogen-bond donors (Lipinski definition) is 0. The molecule has 126 valence electrons. The third kappa shape index (κ3) is 2.41. The summed E-state index contributed by atoms with van der Waals surface area (Å²) in [5, 5.41) is 0. The summed E-state index contributed by atoms with van der Waals surface area (Å²) in [6.45, 7) is 0. The van der Waals surface area contributed by atoms with Gasteiger partial charge in [-0.3, -0.25) is 4.98 Å². The first kappa shape index (κ1) is 16.3. The van der Waals surface area contributed by atoms with Crippen molar-refractivity contribution in [2.24, 2.45) is 0 Å². The SMILES string of the molecule is Br.FC1c2ccccc2C([n+]2ccncc2)c2ccc3c(c2C1F)C3. The molecule has 1 aromatic heterocycles. The Balaban J connectivity index is 0.00000157. The number of fused-ring (bicyclic) bond motifs is 4. The summed E-state index contributed by atoms with van der Waals surface area (Å²) >= 11 is 0. The molecule has 0 saturated carbocycles. The van der Waals surface area contributed by atoms with Gasteiger partial charge in [-0.15, -0.1) is 17.0 Å². The van der Waals surface area contributed by atoms with Crippen LogP contribution < -0.4 is 4.57 Å². The molecule has 0 spiro atoms. The second-order valence-corrected chi connectivity index (χ2v) is 6.41. The van der Waals surface area contributed by atoms with Crippen LogP contribution in [0.25, 0.3) is 0 Å². The van der Waals surface area contributed by atoms with Crippen molar-refractivity contribution in [3.8, 4) is 0 Å². The van der Waals surface area contributed by atoms with Crippen LogP contribution in [0, 0.1) is 0 Å². The van der Waals surface area contributed by atoms with Crippen molar-refractivity contribution >= 4 is 17.0 Å². The molecule has 3 unspecified atom stereocenters. The fourth-order valence-corrected chi connectivity index (χ4v) is 3.90. The van der Waals surface area contributed by atoms with Crippen LogP contribution in [0.1, 0.15) is 51.8 Å². The van der Waals surface area contributed by atoms with Crippen molar-refractivity contribution in [1.82, 2.24) is 4.98 Å². The standard InChI is InChI=1S/C20H15F2N2.BrH/c21-18-13-3-1-2-4-14(13)20(24-9-7-23-8-10-24)15-6-5-12-11-16(12)17(15)19(18)22;/h1-10,18-20H,11H2;1H/q+1;.